The van der Waals surface area contributed by atoms with Crippen LogP contribution in [0.15, 0.2) is 111 Å². The van der Waals surface area contributed by atoms with Gasteiger partial charge in [0.1, 0.15) is 29.0 Å². The number of fused-ring (bicyclic) bond motifs is 1. The highest BCUT2D eigenvalue weighted by Gasteiger charge is 2.28. The molecule has 0 fully saturated rings. The van der Waals surface area contributed by atoms with Crippen molar-refractivity contribution in [2.45, 2.75) is 31.2 Å². The molecule has 5 rings (SSSR count). The molecule has 0 saturated carbocycles. The lowest BCUT2D eigenvalue weighted by Crippen LogP contribution is -2.44. The highest BCUT2D eigenvalue weighted by Crippen LogP contribution is 2.27. The van der Waals surface area contributed by atoms with Crippen molar-refractivity contribution in [2.24, 2.45) is 0 Å². The van der Waals surface area contributed by atoms with Crippen LogP contribution in [0.2, 0.25) is 0 Å². The zero-order chi connectivity index (χ0) is 29.1. The van der Waals surface area contributed by atoms with Crippen LogP contribution in [0.5, 0.6) is 5.75 Å². The number of aryl methyl sites for hydroxylation is 2. The van der Waals surface area contributed by atoms with Gasteiger partial charge in [-0.25, -0.2) is 17.6 Å². The van der Waals surface area contributed by atoms with Gasteiger partial charge < -0.3 is 9.15 Å². The quantitative estimate of drug-likeness (QED) is 0.189. The highest BCUT2D eigenvalue weighted by molar-refractivity contribution is 7.89. The molecule has 208 valence electrons. The van der Waals surface area contributed by atoms with Crippen molar-refractivity contribution in [2.75, 3.05) is 0 Å². The SMILES string of the molecule is Cc1ccc(S(=O)(=O)NC(Cc2ccccc2)C(=O)Oc2ccc3c(=O)c(-c4ccc(F)cc4)c(C)oc3c2)cc1. The number of halogens is 1. The fraction of sp³-hybridized carbons (Fsp3) is 0.125. The van der Waals surface area contributed by atoms with Gasteiger partial charge in [0.2, 0.25) is 15.5 Å². The van der Waals surface area contributed by atoms with Crippen molar-refractivity contribution < 1.29 is 26.8 Å². The number of carbonyl (C=O) groups is 1. The van der Waals surface area contributed by atoms with E-state index < -0.39 is 27.9 Å². The second-order valence-corrected chi connectivity index (χ2v) is 11.3. The monoisotopic (exact) mass is 571 g/mol. The maximum Gasteiger partial charge on any atom is 0.329 e. The maximum absolute atomic E-state index is 13.4. The minimum atomic E-state index is -4.05. The molecular formula is C32H26FNO6S. The standard InChI is InChI=1S/C32H26FNO6S/c1-20-8-15-26(16-9-20)41(37,38)34-28(18-22-6-4-3-5-7-22)32(36)40-25-14-17-27-29(19-25)39-21(2)30(31(27)35)23-10-12-24(33)13-11-23/h3-17,19,28,34H,18H2,1-2H3. The van der Waals surface area contributed by atoms with E-state index in [4.69, 9.17) is 9.15 Å². The zero-order valence-electron chi connectivity index (χ0n) is 22.3. The Labute approximate surface area is 236 Å². The molecule has 0 amide bonds. The molecule has 0 aliphatic heterocycles. The summed E-state index contributed by atoms with van der Waals surface area (Å²) >= 11 is 0. The molecule has 0 aliphatic rings. The van der Waals surface area contributed by atoms with Gasteiger partial charge in [0, 0.05) is 6.07 Å². The first-order chi connectivity index (χ1) is 19.6. The fourth-order valence-electron chi connectivity index (χ4n) is 4.48. The minimum Gasteiger partial charge on any atom is -0.460 e. The highest BCUT2D eigenvalue weighted by atomic mass is 32.2. The molecule has 4 aromatic carbocycles. The van der Waals surface area contributed by atoms with E-state index in [1.807, 2.05) is 13.0 Å². The van der Waals surface area contributed by atoms with E-state index in [-0.39, 0.29) is 33.5 Å². The van der Waals surface area contributed by atoms with Crippen molar-refractivity contribution in [1.29, 1.82) is 0 Å². The Kier molecular flexibility index (Phi) is 7.83. The second kappa shape index (κ2) is 11.5. The Morgan fingerprint density at radius 2 is 1.61 bits per heavy atom. The summed E-state index contributed by atoms with van der Waals surface area (Å²) in [7, 11) is -4.05. The summed E-state index contributed by atoms with van der Waals surface area (Å²) in [6.45, 7) is 3.46. The predicted octanol–water partition coefficient (Wildman–Crippen LogP) is 5.71. The predicted molar refractivity (Wildman–Crippen MR) is 154 cm³/mol. The van der Waals surface area contributed by atoms with Crippen LogP contribution >= 0.6 is 0 Å². The van der Waals surface area contributed by atoms with Crippen LogP contribution in [-0.2, 0) is 21.2 Å². The molecule has 41 heavy (non-hydrogen) atoms. The van der Waals surface area contributed by atoms with Gasteiger partial charge in [-0.15, -0.1) is 0 Å². The van der Waals surface area contributed by atoms with Gasteiger partial charge in [-0.05, 0) is 67.8 Å². The molecule has 0 saturated heterocycles. The van der Waals surface area contributed by atoms with Crippen molar-refractivity contribution in [3.63, 3.8) is 0 Å². The lowest BCUT2D eigenvalue weighted by atomic mass is 10.0. The Morgan fingerprint density at radius 3 is 2.29 bits per heavy atom. The molecule has 7 nitrogen and oxygen atoms in total. The van der Waals surface area contributed by atoms with Crippen molar-refractivity contribution in [3.05, 3.63) is 130 Å². The maximum atomic E-state index is 13.4. The lowest BCUT2D eigenvalue weighted by molar-refractivity contribution is -0.136. The zero-order valence-corrected chi connectivity index (χ0v) is 23.1. The molecule has 1 atom stereocenters. The van der Waals surface area contributed by atoms with Gasteiger partial charge in [0.25, 0.3) is 0 Å². The van der Waals surface area contributed by atoms with Gasteiger partial charge in [0.15, 0.2) is 0 Å². The van der Waals surface area contributed by atoms with Gasteiger partial charge in [-0.1, -0.05) is 60.2 Å². The average molecular weight is 572 g/mol. The Balaban J connectivity index is 1.44. The number of hydrogen-bond donors (Lipinski definition) is 1. The number of esters is 1. The number of nitrogens with one attached hydrogen (secondary N) is 1. The lowest BCUT2D eigenvalue weighted by Gasteiger charge is -2.18. The number of rotatable bonds is 8. The summed E-state index contributed by atoms with van der Waals surface area (Å²) in [5.41, 5.74) is 2.31. The van der Waals surface area contributed by atoms with Crippen LogP contribution in [0.1, 0.15) is 16.9 Å². The van der Waals surface area contributed by atoms with Crippen LogP contribution in [0.25, 0.3) is 22.1 Å². The fourth-order valence-corrected chi connectivity index (χ4v) is 5.67. The van der Waals surface area contributed by atoms with Crippen LogP contribution in [0.4, 0.5) is 4.39 Å². The molecule has 9 heteroatoms. The number of hydrogen-bond acceptors (Lipinski definition) is 6. The molecule has 1 aromatic heterocycles. The summed E-state index contributed by atoms with van der Waals surface area (Å²) in [5.74, 6) is -0.863. The molecule has 0 aliphatic carbocycles. The van der Waals surface area contributed by atoms with Gasteiger partial charge in [0.05, 0.1) is 15.8 Å². The first-order valence-corrected chi connectivity index (χ1v) is 14.3. The summed E-state index contributed by atoms with van der Waals surface area (Å²) in [6, 6.07) is 23.9. The van der Waals surface area contributed by atoms with E-state index in [1.165, 1.54) is 54.6 Å². The number of ether oxygens (including phenoxy) is 1. The Bertz CT molecular complexity index is 1880. The van der Waals surface area contributed by atoms with Crippen LogP contribution in [0, 0.1) is 19.7 Å². The average Bonchev–Trinajstić information content (AvgIpc) is 2.94. The molecule has 1 heterocycles. The number of carbonyl (C=O) groups excluding carboxylic acids is 1. The molecule has 0 spiro atoms. The molecule has 0 bridgehead atoms. The molecular weight excluding hydrogens is 545 g/mol. The third-order valence-electron chi connectivity index (χ3n) is 6.59. The smallest absolute Gasteiger partial charge is 0.329 e. The van der Waals surface area contributed by atoms with E-state index in [9.17, 15) is 22.4 Å². The van der Waals surface area contributed by atoms with Gasteiger partial charge >= 0.3 is 5.97 Å². The van der Waals surface area contributed by atoms with Crippen molar-refractivity contribution >= 4 is 27.0 Å². The first-order valence-electron chi connectivity index (χ1n) is 12.8. The molecule has 0 radical (unpaired) electrons. The Hall–Kier alpha value is -4.60. The van der Waals surface area contributed by atoms with Crippen LogP contribution in [-0.4, -0.2) is 20.4 Å². The van der Waals surface area contributed by atoms with Crippen molar-refractivity contribution in [3.8, 4) is 16.9 Å². The van der Waals surface area contributed by atoms with E-state index in [1.54, 1.807) is 43.3 Å². The topological polar surface area (TPSA) is 103 Å². The van der Waals surface area contributed by atoms with E-state index in [0.717, 1.165) is 11.1 Å². The second-order valence-electron chi connectivity index (χ2n) is 9.62. The van der Waals surface area contributed by atoms with E-state index in [0.29, 0.717) is 16.9 Å². The third-order valence-corrected chi connectivity index (χ3v) is 8.07. The van der Waals surface area contributed by atoms with E-state index in [2.05, 4.69) is 4.72 Å². The summed E-state index contributed by atoms with van der Waals surface area (Å²) in [5, 5.41) is 0.246. The van der Waals surface area contributed by atoms with Crippen molar-refractivity contribution in [1.82, 2.24) is 4.72 Å². The van der Waals surface area contributed by atoms with Gasteiger partial charge in [-0.3, -0.25) is 4.79 Å². The molecule has 1 unspecified atom stereocenters. The number of benzene rings is 4. The van der Waals surface area contributed by atoms with Gasteiger partial charge in [-0.2, -0.15) is 4.72 Å². The molecule has 5 aromatic rings. The third kappa shape index (κ3) is 6.26. The van der Waals surface area contributed by atoms with Crippen LogP contribution in [0.3, 0.4) is 0 Å². The first kappa shape index (κ1) is 27.9. The van der Waals surface area contributed by atoms with E-state index >= 15 is 0 Å². The molecule has 1 N–H and O–H groups in total. The summed E-state index contributed by atoms with van der Waals surface area (Å²) in [6.07, 6.45) is 0.0492. The Morgan fingerprint density at radius 1 is 0.927 bits per heavy atom. The summed E-state index contributed by atoms with van der Waals surface area (Å²) in [4.78, 5) is 26.6. The van der Waals surface area contributed by atoms with Crippen LogP contribution < -0.4 is 14.9 Å². The summed E-state index contributed by atoms with van der Waals surface area (Å²) < 4.78 is 53.6. The largest absolute Gasteiger partial charge is 0.460 e. The minimum absolute atomic E-state index is 0.0221. The number of sulfonamides is 1. The normalized spacial score (nSPS) is 12.3.